The Morgan fingerprint density at radius 2 is 1.88 bits per heavy atom. The van der Waals surface area contributed by atoms with Gasteiger partial charge in [-0.25, -0.2) is 14.5 Å². The summed E-state index contributed by atoms with van der Waals surface area (Å²) in [6, 6.07) is 7.83. The molecule has 1 aliphatic carbocycles. The van der Waals surface area contributed by atoms with E-state index in [2.05, 4.69) is 26.5 Å². The highest BCUT2D eigenvalue weighted by molar-refractivity contribution is 6.01. The van der Waals surface area contributed by atoms with Crippen molar-refractivity contribution in [2.45, 2.75) is 25.7 Å². The average molecular weight is 438 g/mol. The first-order valence-electron chi connectivity index (χ1n) is 11.3. The number of piperidine rings is 1. The smallest absolute Gasteiger partial charge is 0.257 e. The zero-order valence-corrected chi connectivity index (χ0v) is 18.1. The summed E-state index contributed by atoms with van der Waals surface area (Å²) in [5.41, 5.74) is 6.50. The molecule has 0 aromatic carbocycles. The number of amides is 1. The highest BCUT2D eigenvalue weighted by atomic mass is 16.2. The lowest BCUT2D eigenvalue weighted by Gasteiger charge is -2.26. The van der Waals surface area contributed by atoms with Crippen molar-refractivity contribution < 1.29 is 4.79 Å². The molecule has 164 valence electrons. The molecule has 0 atom stereocenters. The molecule has 0 spiro atoms. The van der Waals surface area contributed by atoms with Crippen molar-refractivity contribution in [2.24, 2.45) is 0 Å². The predicted octanol–water partition coefficient (Wildman–Crippen LogP) is 3.88. The normalized spacial score (nSPS) is 15.4. The largest absolute Gasteiger partial charge is 0.339 e. The van der Waals surface area contributed by atoms with Gasteiger partial charge in [0.25, 0.3) is 5.91 Å². The van der Waals surface area contributed by atoms with Crippen LogP contribution in [0.2, 0.25) is 0 Å². The molecule has 1 saturated heterocycles. The third-order valence-electron chi connectivity index (χ3n) is 6.30. The molecule has 1 amide bonds. The first-order valence-corrected chi connectivity index (χ1v) is 11.3. The van der Waals surface area contributed by atoms with Crippen LogP contribution in [0.1, 0.15) is 46.4 Å². The number of carbonyl (C=O) groups is 1. The molecule has 1 fully saturated rings. The van der Waals surface area contributed by atoms with Crippen molar-refractivity contribution in [3.05, 3.63) is 83.7 Å². The standard InChI is InChI=1S/C25H23N7O/c33-24(31-11-2-1-3-12-31)21-16-28-32-13-8-17(14-23(21)32)19-4-5-22-20(19)15-27-25(30-22)29-18-6-9-26-10-7-18/h4,6-10,13-16H,1-3,5,11-12H2,(H,26,27,29,30). The van der Waals surface area contributed by atoms with Crippen LogP contribution < -0.4 is 5.32 Å². The van der Waals surface area contributed by atoms with Gasteiger partial charge in [0.1, 0.15) is 0 Å². The molecule has 4 aromatic rings. The number of aromatic nitrogens is 5. The van der Waals surface area contributed by atoms with Gasteiger partial charge in [-0.2, -0.15) is 5.10 Å². The summed E-state index contributed by atoms with van der Waals surface area (Å²) >= 11 is 0. The van der Waals surface area contributed by atoms with Gasteiger partial charge in [-0.05, 0) is 54.7 Å². The van der Waals surface area contributed by atoms with Crippen molar-refractivity contribution in [3.8, 4) is 0 Å². The fourth-order valence-corrected chi connectivity index (χ4v) is 4.58. The summed E-state index contributed by atoms with van der Waals surface area (Å²) < 4.78 is 1.77. The van der Waals surface area contributed by atoms with Crippen LogP contribution in [0.4, 0.5) is 11.6 Å². The molecule has 0 radical (unpaired) electrons. The molecule has 1 aliphatic heterocycles. The molecular formula is C25H23N7O. The van der Waals surface area contributed by atoms with Crippen molar-refractivity contribution in [2.75, 3.05) is 18.4 Å². The molecule has 0 unspecified atom stereocenters. The second kappa shape index (κ2) is 8.12. The number of hydrogen-bond acceptors (Lipinski definition) is 6. The Balaban J connectivity index is 1.29. The van der Waals surface area contributed by atoms with E-state index in [9.17, 15) is 4.79 Å². The second-order valence-corrected chi connectivity index (χ2v) is 8.39. The van der Waals surface area contributed by atoms with E-state index in [1.54, 1.807) is 23.1 Å². The van der Waals surface area contributed by atoms with Gasteiger partial charge in [-0.3, -0.25) is 9.78 Å². The van der Waals surface area contributed by atoms with E-state index >= 15 is 0 Å². The molecular weight excluding hydrogens is 414 g/mol. The zero-order valence-electron chi connectivity index (χ0n) is 18.1. The summed E-state index contributed by atoms with van der Waals surface area (Å²) in [5.74, 6) is 0.632. The zero-order chi connectivity index (χ0) is 22.2. The number of nitrogens with one attached hydrogen (secondary N) is 1. The quantitative estimate of drug-likeness (QED) is 0.521. The van der Waals surface area contributed by atoms with E-state index in [1.165, 1.54) is 6.42 Å². The summed E-state index contributed by atoms with van der Waals surface area (Å²) in [4.78, 5) is 28.3. The minimum absolute atomic E-state index is 0.0674. The fourth-order valence-electron chi connectivity index (χ4n) is 4.58. The molecule has 5 heterocycles. The minimum atomic E-state index is 0.0674. The van der Waals surface area contributed by atoms with Gasteiger partial charge in [0.15, 0.2) is 0 Å². The summed E-state index contributed by atoms with van der Waals surface area (Å²) in [7, 11) is 0. The van der Waals surface area contributed by atoms with Gasteiger partial charge in [0, 0.05) is 55.5 Å². The lowest BCUT2D eigenvalue weighted by Crippen LogP contribution is -2.35. The molecule has 8 heteroatoms. The third-order valence-corrected chi connectivity index (χ3v) is 6.30. The van der Waals surface area contributed by atoms with Gasteiger partial charge < -0.3 is 10.2 Å². The number of pyridine rings is 2. The number of allylic oxidation sites excluding steroid dienone is 1. The van der Waals surface area contributed by atoms with Crippen LogP contribution in [0.25, 0.3) is 11.1 Å². The lowest BCUT2D eigenvalue weighted by molar-refractivity contribution is 0.0726. The molecule has 8 nitrogen and oxygen atoms in total. The first kappa shape index (κ1) is 19.6. The second-order valence-electron chi connectivity index (χ2n) is 8.39. The van der Waals surface area contributed by atoms with E-state index in [1.807, 2.05) is 41.6 Å². The Kier molecular flexibility index (Phi) is 4.83. The highest BCUT2D eigenvalue weighted by Gasteiger charge is 2.23. The molecule has 0 saturated carbocycles. The number of carbonyl (C=O) groups excluding carboxylic acids is 1. The van der Waals surface area contributed by atoms with Gasteiger partial charge >= 0.3 is 0 Å². The summed E-state index contributed by atoms with van der Waals surface area (Å²) in [6.45, 7) is 1.64. The van der Waals surface area contributed by atoms with Crippen LogP contribution in [0.15, 0.2) is 61.3 Å². The maximum absolute atomic E-state index is 13.1. The topological polar surface area (TPSA) is 88.3 Å². The summed E-state index contributed by atoms with van der Waals surface area (Å²) in [6.07, 6.45) is 15.2. The van der Waals surface area contributed by atoms with E-state index in [0.29, 0.717) is 11.5 Å². The van der Waals surface area contributed by atoms with Gasteiger partial charge in [0.05, 0.1) is 23.0 Å². The SMILES string of the molecule is O=C(c1cnn2ccc(C3=CCc4nc(Nc5ccncc5)ncc43)cc12)N1CCCCC1. The Morgan fingerprint density at radius 3 is 2.73 bits per heavy atom. The van der Waals surface area contributed by atoms with Crippen LogP contribution in [0.5, 0.6) is 0 Å². The number of hydrogen-bond donors (Lipinski definition) is 1. The van der Waals surface area contributed by atoms with Crippen LogP contribution in [0, 0.1) is 0 Å². The summed E-state index contributed by atoms with van der Waals surface area (Å²) in [5, 5.41) is 7.63. The van der Waals surface area contributed by atoms with Crippen molar-refractivity contribution in [1.29, 1.82) is 0 Å². The van der Waals surface area contributed by atoms with E-state index in [4.69, 9.17) is 4.98 Å². The highest BCUT2D eigenvalue weighted by Crippen LogP contribution is 2.33. The van der Waals surface area contributed by atoms with Crippen LogP contribution in [-0.4, -0.2) is 48.5 Å². The van der Waals surface area contributed by atoms with Gasteiger partial charge in [0.2, 0.25) is 5.95 Å². The third kappa shape index (κ3) is 3.63. The molecule has 2 aliphatic rings. The van der Waals surface area contributed by atoms with Crippen LogP contribution in [-0.2, 0) is 6.42 Å². The number of fused-ring (bicyclic) bond motifs is 2. The monoisotopic (exact) mass is 437 g/mol. The van der Waals surface area contributed by atoms with Crippen molar-refractivity contribution in [1.82, 2.24) is 29.5 Å². The van der Waals surface area contributed by atoms with Crippen LogP contribution >= 0.6 is 0 Å². The Bertz CT molecular complexity index is 1370. The number of rotatable bonds is 4. The van der Waals surface area contributed by atoms with E-state index in [0.717, 1.165) is 66.0 Å². The van der Waals surface area contributed by atoms with Crippen molar-refractivity contribution in [3.63, 3.8) is 0 Å². The number of anilines is 2. The van der Waals surface area contributed by atoms with Crippen LogP contribution in [0.3, 0.4) is 0 Å². The maximum atomic E-state index is 13.1. The number of likely N-dealkylation sites (tertiary alicyclic amines) is 1. The van der Waals surface area contributed by atoms with E-state index in [-0.39, 0.29) is 5.91 Å². The molecule has 6 rings (SSSR count). The predicted molar refractivity (Wildman–Crippen MR) is 125 cm³/mol. The van der Waals surface area contributed by atoms with Gasteiger partial charge in [-0.1, -0.05) is 6.08 Å². The van der Waals surface area contributed by atoms with Crippen molar-refractivity contribution >= 4 is 28.6 Å². The lowest BCUT2D eigenvalue weighted by atomic mass is 10.0. The molecule has 1 N–H and O–H groups in total. The maximum Gasteiger partial charge on any atom is 0.257 e. The molecule has 4 aromatic heterocycles. The molecule has 0 bridgehead atoms. The van der Waals surface area contributed by atoms with E-state index < -0.39 is 0 Å². The Labute approximate surface area is 191 Å². The Morgan fingerprint density at radius 1 is 1.03 bits per heavy atom. The van der Waals surface area contributed by atoms with Gasteiger partial charge in [-0.15, -0.1) is 0 Å². The fraction of sp³-hybridized carbons (Fsp3) is 0.240. The average Bonchev–Trinajstić information content (AvgIpc) is 3.48. The minimum Gasteiger partial charge on any atom is -0.339 e. The molecule has 33 heavy (non-hydrogen) atoms. The number of nitrogens with zero attached hydrogens (tertiary/aromatic N) is 6. The first-order chi connectivity index (χ1) is 16.3. The Hall–Kier alpha value is -4.07.